The van der Waals surface area contributed by atoms with Crippen LogP contribution in [0.25, 0.3) is 0 Å². The van der Waals surface area contributed by atoms with Crippen LogP contribution >= 0.6 is 12.4 Å². The molecule has 4 rings (SSSR count). The average molecular weight is 551 g/mol. The van der Waals surface area contributed by atoms with Crippen molar-refractivity contribution in [1.29, 1.82) is 0 Å². The number of amides is 1. The summed E-state index contributed by atoms with van der Waals surface area (Å²) in [7, 11) is 0. The molecule has 13 nitrogen and oxygen atoms in total. The van der Waals surface area contributed by atoms with Crippen LogP contribution in [0.3, 0.4) is 0 Å². The second-order valence-electron chi connectivity index (χ2n) is 8.20. The van der Waals surface area contributed by atoms with Crippen molar-refractivity contribution in [3.63, 3.8) is 0 Å². The third kappa shape index (κ3) is 9.67. The largest absolute Gasteiger partial charge is 0.477 e. The number of hydrogen-bond donors (Lipinski definition) is 5. The summed E-state index contributed by atoms with van der Waals surface area (Å²) in [6.07, 6.45) is 4.32. The van der Waals surface area contributed by atoms with Crippen molar-refractivity contribution in [3.05, 3.63) is 68.5 Å². The lowest BCUT2D eigenvalue weighted by Gasteiger charge is -2.20. The van der Waals surface area contributed by atoms with E-state index >= 15 is 0 Å². The van der Waals surface area contributed by atoms with E-state index in [4.69, 9.17) is 10.8 Å². The predicted octanol–water partition coefficient (Wildman–Crippen LogP) is -0.0739. The van der Waals surface area contributed by atoms with E-state index in [0.29, 0.717) is 19.3 Å². The first-order chi connectivity index (χ1) is 17.5. The van der Waals surface area contributed by atoms with Gasteiger partial charge in [-0.3, -0.25) is 33.6 Å². The maximum Gasteiger partial charge on any atom is 0.341 e. The Kier molecular flexibility index (Phi) is 12.7. The van der Waals surface area contributed by atoms with Gasteiger partial charge in [0.1, 0.15) is 22.7 Å². The molecule has 0 aliphatic heterocycles. The van der Waals surface area contributed by atoms with Gasteiger partial charge < -0.3 is 26.1 Å². The number of aromatic nitrogens is 2. The van der Waals surface area contributed by atoms with Crippen LogP contribution in [-0.4, -0.2) is 62.2 Å². The van der Waals surface area contributed by atoms with E-state index in [0.717, 1.165) is 0 Å². The van der Waals surface area contributed by atoms with E-state index < -0.39 is 29.0 Å². The molecule has 2 saturated carbocycles. The number of hydrogen-bond acceptors (Lipinski definition) is 9. The Morgan fingerprint density at radius 2 is 1.32 bits per heavy atom. The van der Waals surface area contributed by atoms with E-state index in [1.807, 2.05) is 0 Å². The summed E-state index contributed by atoms with van der Waals surface area (Å²) in [4.78, 5) is 92.4. The van der Waals surface area contributed by atoms with Crippen LogP contribution in [0.1, 0.15) is 59.2 Å². The fraction of sp³-hybridized carbons (Fsp3) is 0.333. The standard InChI is InChI=1S/C12H12N2O4.C6H5NO3.C6H9NO2.ClH/c15-7-3-4-9(10(16)6-7)14-12(18)8-2-1-5-13-11(8)17;8-5-4(6(9)10)2-1-3-7-5;7-5-2-1-4(8)3-6(5)9;/h1-2,5,9H,3-4,6H2,(H,13,17)(H,14,18);1-3H,(H,7,8)(H,9,10);5H,1-3,7H2;1H. The zero-order valence-electron chi connectivity index (χ0n) is 20.1. The summed E-state index contributed by atoms with van der Waals surface area (Å²) in [5, 5.41) is 10.8. The highest BCUT2D eigenvalue weighted by molar-refractivity contribution is 6.06. The lowest BCUT2D eigenvalue weighted by atomic mass is 9.93. The molecule has 14 heteroatoms. The molecule has 0 aromatic carbocycles. The lowest BCUT2D eigenvalue weighted by molar-refractivity contribution is -0.132. The zero-order valence-corrected chi connectivity index (χ0v) is 20.9. The molecule has 0 radical (unpaired) electrons. The summed E-state index contributed by atoms with van der Waals surface area (Å²) in [5.41, 5.74) is 3.99. The minimum Gasteiger partial charge on any atom is -0.477 e. The summed E-state index contributed by atoms with van der Waals surface area (Å²) >= 11 is 0. The van der Waals surface area contributed by atoms with Gasteiger partial charge in [0.05, 0.1) is 24.9 Å². The molecule has 2 heterocycles. The first-order valence-corrected chi connectivity index (χ1v) is 11.2. The molecular formula is C24H27ClN4O9. The van der Waals surface area contributed by atoms with Gasteiger partial charge in [0.25, 0.3) is 17.0 Å². The molecule has 0 saturated heterocycles. The molecule has 2 aromatic rings. The number of carboxylic acid groups (broad SMARTS) is 1. The molecule has 2 aliphatic rings. The summed E-state index contributed by atoms with van der Waals surface area (Å²) in [6.45, 7) is 0. The van der Waals surface area contributed by atoms with Crippen LogP contribution < -0.4 is 22.2 Å². The Balaban J connectivity index is 0.000000307. The number of carbonyl (C=O) groups excluding carboxylic acids is 5. The lowest BCUT2D eigenvalue weighted by Crippen LogP contribution is -2.45. The predicted molar refractivity (Wildman–Crippen MR) is 135 cm³/mol. The Morgan fingerprint density at radius 1 is 0.816 bits per heavy atom. The number of ketones is 4. The van der Waals surface area contributed by atoms with Gasteiger partial charge >= 0.3 is 5.97 Å². The zero-order chi connectivity index (χ0) is 27.5. The van der Waals surface area contributed by atoms with E-state index in [9.17, 15) is 38.4 Å². The second kappa shape index (κ2) is 15.1. The van der Waals surface area contributed by atoms with Crippen LogP contribution in [-0.2, 0) is 19.2 Å². The van der Waals surface area contributed by atoms with Crippen LogP contribution in [0, 0.1) is 0 Å². The topological polar surface area (TPSA) is 226 Å². The number of carboxylic acids is 1. The van der Waals surface area contributed by atoms with Gasteiger partial charge in [-0.2, -0.15) is 0 Å². The number of carbonyl (C=O) groups is 6. The van der Waals surface area contributed by atoms with Crippen LogP contribution in [0.15, 0.2) is 46.2 Å². The van der Waals surface area contributed by atoms with E-state index in [1.54, 1.807) is 0 Å². The average Bonchev–Trinajstić information content (AvgIpc) is 2.84. The van der Waals surface area contributed by atoms with Gasteiger partial charge in [0.2, 0.25) is 0 Å². The molecule has 2 atom stereocenters. The van der Waals surface area contributed by atoms with Gasteiger partial charge in [-0.1, -0.05) is 0 Å². The second-order valence-corrected chi connectivity index (χ2v) is 8.20. The Hall–Kier alpha value is -4.23. The van der Waals surface area contributed by atoms with Gasteiger partial charge in [-0.15, -0.1) is 12.4 Å². The molecule has 204 valence electrons. The van der Waals surface area contributed by atoms with Crippen molar-refractivity contribution in [2.45, 2.75) is 50.6 Å². The summed E-state index contributed by atoms with van der Waals surface area (Å²) in [5.74, 6) is -2.28. The number of aromatic carboxylic acids is 1. The number of Topliss-reactive ketones (excluding diaryl/α,β-unsaturated/α-hetero) is 4. The van der Waals surface area contributed by atoms with Crippen molar-refractivity contribution in [2.75, 3.05) is 0 Å². The van der Waals surface area contributed by atoms with Gasteiger partial charge in [0.15, 0.2) is 11.6 Å². The summed E-state index contributed by atoms with van der Waals surface area (Å²) < 4.78 is 0. The molecule has 2 unspecified atom stereocenters. The van der Waals surface area contributed by atoms with Crippen molar-refractivity contribution in [2.24, 2.45) is 5.73 Å². The number of nitrogens with one attached hydrogen (secondary N) is 3. The van der Waals surface area contributed by atoms with Crippen molar-refractivity contribution in [3.8, 4) is 0 Å². The van der Waals surface area contributed by atoms with Gasteiger partial charge in [-0.25, -0.2) is 4.79 Å². The fourth-order valence-corrected chi connectivity index (χ4v) is 3.34. The monoisotopic (exact) mass is 550 g/mol. The van der Waals surface area contributed by atoms with Crippen LogP contribution in [0.4, 0.5) is 0 Å². The molecule has 2 aromatic heterocycles. The Labute approximate surface area is 221 Å². The molecule has 2 aliphatic carbocycles. The number of halogens is 1. The van der Waals surface area contributed by atoms with E-state index in [1.165, 1.54) is 36.7 Å². The van der Waals surface area contributed by atoms with Crippen LogP contribution in [0.5, 0.6) is 0 Å². The van der Waals surface area contributed by atoms with Crippen LogP contribution in [0.2, 0.25) is 0 Å². The highest BCUT2D eigenvalue weighted by Gasteiger charge is 2.28. The number of pyridine rings is 2. The first-order valence-electron chi connectivity index (χ1n) is 11.2. The number of rotatable bonds is 3. The first kappa shape index (κ1) is 31.8. The molecular weight excluding hydrogens is 524 g/mol. The molecule has 38 heavy (non-hydrogen) atoms. The SMILES string of the molecule is Cl.NC1CCC(=O)CC1=O.O=C(O)c1ccc[nH]c1=O.O=C1CCC(NC(=O)c2ccc[nH]c2=O)C(=O)C1. The highest BCUT2D eigenvalue weighted by Crippen LogP contribution is 2.12. The Bertz CT molecular complexity index is 1320. The fourth-order valence-electron chi connectivity index (χ4n) is 3.34. The number of aromatic amines is 2. The minimum absolute atomic E-state index is 0. The van der Waals surface area contributed by atoms with Gasteiger partial charge in [0, 0.05) is 25.2 Å². The third-order valence-corrected chi connectivity index (χ3v) is 5.41. The van der Waals surface area contributed by atoms with E-state index in [-0.39, 0.29) is 72.0 Å². The normalized spacial score (nSPS) is 18.6. The molecule has 0 spiro atoms. The van der Waals surface area contributed by atoms with Crippen molar-refractivity contribution in [1.82, 2.24) is 15.3 Å². The highest BCUT2D eigenvalue weighted by atomic mass is 35.5. The third-order valence-electron chi connectivity index (χ3n) is 5.41. The minimum atomic E-state index is -1.21. The number of H-pyrrole nitrogens is 2. The summed E-state index contributed by atoms with van der Waals surface area (Å²) in [6, 6.07) is 4.58. The molecule has 2 fully saturated rings. The maximum absolute atomic E-state index is 11.8. The van der Waals surface area contributed by atoms with Crippen molar-refractivity contribution >= 4 is 47.4 Å². The van der Waals surface area contributed by atoms with E-state index in [2.05, 4.69) is 15.3 Å². The number of nitrogens with two attached hydrogens (primary N) is 1. The molecule has 0 bridgehead atoms. The van der Waals surface area contributed by atoms with Crippen molar-refractivity contribution < 1.29 is 33.9 Å². The smallest absolute Gasteiger partial charge is 0.341 e. The molecule has 6 N–H and O–H groups in total. The Morgan fingerprint density at radius 3 is 1.74 bits per heavy atom. The molecule has 1 amide bonds. The van der Waals surface area contributed by atoms with Gasteiger partial charge in [-0.05, 0) is 37.1 Å². The quantitative estimate of drug-likeness (QED) is 0.319. The maximum atomic E-state index is 11.8.